The highest BCUT2D eigenvalue weighted by Gasteiger charge is 2.25. The van der Waals surface area contributed by atoms with Gasteiger partial charge in [0.2, 0.25) is 10.0 Å². The van der Waals surface area contributed by atoms with Gasteiger partial charge in [0.05, 0.1) is 0 Å². The lowest BCUT2D eigenvalue weighted by Crippen LogP contribution is -2.25. The van der Waals surface area contributed by atoms with Crippen molar-refractivity contribution in [1.29, 1.82) is 0 Å². The average molecular weight is 329 g/mol. The van der Waals surface area contributed by atoms with Crippen molar-refractivity contribution in [3.05, 3.63) is 51.9 Å². The Morgan fingerprint density at radius 1 is 1.29 bits per heavy atom. The fraction of sp³-hybridized carbons (Fsp3) is 0.286. The summed E-state index contributed by atoms with van der Waals surface area (Å²) in [5, 5.41) is 0.560. The molecule has 0 saturated carbocycles. The van der Waals surface area contributed by atoms with Gasteiger partial charge in [0.25, 0.3) is 0 Å². The van der Waals surface area contributed by atoms with Gasteiger partial charge in [0.15, 0.2) is 0 Å². The number of hydrogen-bond acceptors (Lipinski definition) is 4. The molecule has 2 aromatic rings. The van der Waals surface area contributed by atoms with Crippen LogP contribution in [0.5, 0.6) is 0 Å². The molecule has 0 saturated heterocycles. The van der Waals surface area contributed by atoms with Crippen molar-refractivity contribution in [2.24, 2.45) is 5.73 Å². The number of halogens is 1. The molecule has 1 aromatic heterocycles. The van der Waals surface area contributed by atoms with Crippen molar-refractivity contribution < 1.29 is 12.8 Å². The van der Waals surface area contributed by atoms with E-state index in [4.69, 9.17) is 21.8 Å². The Kier molecular flexibility index (Phi) is 4.73. The Bertz CT molecular complexity index is 754. The number of nitrogens with one attached hydrogen (secondary N) is 1. The van der Waals surface area contributed by atoms with Gasteiger partial charge in [-0.15, -0.1) is 0 Å². The quantitative estimate of drug-likeness (QED) is 0.883. The van der Waals surface area contributed by atoms with Crippen LogP contribution in [0.15, 0.2) is 33.6 Å². The molecule has 0 aliphatic heterocycles. The topological polar surface area (TPSA) is 85.3 Å². The van der Waals surface area contributed by atoms with Crippen LogP contribution in [0.3, 0.4) is 0 Å². The van der Waals surface area contributed by atoms with Gasteiger partial charge in [-0.1, -0.05) is 23.7 Å². The maximum atomic E-state index is 12.4. The number of nitrogens with two attached hydrogens (primary N) is 1. The summed E-state index contributed by atoms with van der Waals surface area (Å²) >= 11 is 5.88. The molecule has 0 aliphatic rings. The second-order valence-electron chi connectivity index (χ2n) is 4.68. The predicted octanol–water partition coefficient (Wildman–Crippen LogP) is 2.49. The number of rotatable bonds is 5. The molecule has 0 atom stereocenters. The van der Waals surface area contributed by atoms with E-state index in [0.29, 0.717) is 22.1 Å². The lowest BCUT2D eigenvalue weighted by atomic mass is 10.2. The SMILES string of the molecule is Cc1oc(C)c(S(=O)(=O)NCc2cccc(Cl)c2)c1CN. The second kappa shape index (κ2) is 6.19. The molecule has 0 spiro atoms. The normalized spacial score (nSPS) is 11.8. The molecule has 3 N–H and O–H groups in total. The molecule has 5 nitrogen and oxygen atoms in total. The Morgan fingerprint density at radius 2 is 2.00 bits per heavy atom. The minimum Gasteiger partial charge on any atom is -0.465 e. The van der Waals surface area contributed by atoms with Crippen molar-refractivity contribution in [3.63, 3.8) is 0 Å². The molecule has 114 valence electrons. The molecule has 2 rings (SSSR count). The molecule has 0 bridgehead atoms. The first-order chi connectivity index (χ1) is 9.85. The van der Waals surface area contributed by atoms with Crippen LogP contribution in [0.4, 0.5) is 0 Å². The van der Waals surface area contributed by atoms with E-state index in [1.165, 1.54) is 0 Å². The summed E-state index contributed by atoms with van der Waals surface area (Å²) in [7, 11) is -3.69. The summed E-state index contributed by atoms with van der Waals surface area (Å²) < 4.78 is 32.8. The fourth-order valence-electron chi connectivity index (χ4n) is 2.20. The molecule has 0 amide bonds. The molecule has 0 fully saturated rings. The van der Waals surface area contributed by atoms with E-state index in [1.807, 2.05) is 0 Å². The third-order valence-electron chi connectivity index (χ3n) is 3.15. The van der Waals surface area contributed by atoms with E-state index in [-0.39, 0.29) is 18.0 Å². The van der Waals surface area contributed by atoms with Crippen molar-refractivity contribution in [2.45, 2.75) is 31.8 Å². The maximum Gasteiger partial charge on any atom is 0.244 e. The second-order valence-corrected chi connectivity index (χ2v) is 6.82. The Hall–Kier alpha value is -1.34. The molecular weight excluding hydrogens is 312 g/mol. The monoisotopic (exact) mass is 328 g/mol. The van der Waals surface area contributed by atoms with Crippen molar-refractivity contribution in [2.75, 3.05) is 0 Å². The van der Waals surface area contributed by atoms with Crippen molar-refractivity contribution in [1.82, 2.24) is 4.72 Å². The zero-order valence-corrected chi connectivity index (χ0v) is 13.4. The number of sulfonamides is 1. The molecule has 7 heteroatoms. The Balaban J connectivity index is 2.27. The summed E-state index contributed by atoms with van der Waals surface area (Å²) in [6.45, 7) is 3.57. The first-order valence-electron chi connectivity index (χ1n) is 6.38. The number of aryl methyl sites for hydroxylation is 2. The van der Waals surface area contributed by atoms with Gasteiger partial charge in [0.1, 0.15) is 16.4 Å². The minimum atomic E-state index is -3.69. The highest BCUT2D eigenvalue weighted by molar-refractivity contribution is 7.89. The molecule has 1 heterocycles. The minimum absolute atomic E-state index is 0.108. The summed E-state index contributed by atoms with van der Waals surface area (Å²) in [4.78, 5) is 0.129. The third-order valence-corrected chi connectivity index (χ3v) is 4.98. The van der Waals surface area contributed by atoms with Gasteiger partial charge in [-0.2, -0.15) is 0 Å². The fourth-order valence-corrected chi connectivity index (χ4v) is 3.88. The lowest BCUT2D eigenvalue weighted by molar-refractivity contribution is 0.494. The van der Waals surface area contributed by atoms with Gasteiger partial charge >= 0.3 is 0 Å². The molecule has 0 radical (unpaired) electrons. The van der Waals surface area contributed by atoms with E-state index in [2.05, 4.69) is 4.72 Å². The third kappa shape index (κ3) is 3.47. The van der Waals surface area contributed by atoms with Crippen LogP contribution in [0.1, 0.15) is 22.6 Å². The standard InChI is InChI=1S/C14H17ClN2O3S/c1-9-13(7-16)14(10(2)20-9)21(18,19)17-8-11-4-3-5-12(15)6-11/h3-6,17H,7-8,16H2,1-2H3. The summed E-state index contributed by atoms with van der Waals surface area (Å²) in [6, 6.07) is 7.01. The van der Waals surface area contributed by atoms with Crippen LogP contribution >= 0.6 is 11.6 Å². The zero-order chi connectivity index (χ0) is 15.6. The molecule has 0 aliphatic carbocycles. The number of hydrogen-bond donors (Lipinski definition) is 2. The molecule has 0 unspecified atom stereocenters. The Labute approximate surface area is 129 Å². The highest BCUT2D eigenvalue weighted by atomic mass is 35.5. The van der Waals surface area contributed by atoms with E-state index in [0.717, 1.165) is 5.56 Å². The number of benzene rings is 1. The van der Waals surface area contributed by atoms with E-state index >= 15 is 0 Å². The Morgan fingerprint density at radius 3 is 2.62 bits per heavy atom. The van der Waals surface area contributed by atoms with Crippen LogP contribution in [0.2, 0.25) is 5.02 Å². The number of furan rings is 1. The van der Waals surface area contributed by atoms with E-state index in [9.17, 15) is 8.42 Å². The summed E-state index contributed by atoms with van der Waals surface area (Å²) in [6.07, 6.45) is 0. The van der Waals surface area contributed by atoms with E-state index < -0.39 is 10.0 Å². The van der Waals surface area contributed by atoms with Crippen LogP contribution in [-0.2, 0) is 23.1 Å². The lowest BCUT2D eigenvalue weighted by Gasteiger charge is -2.08. The van der Waals surface area contributed by atoms with Crippen LogP contribution in [0.25, 0.3) is 0 Å². The highest BCUT2D eigenvalue weighted by Crippen LogP contribution is 2.26. The van der Waals surface area contributed by atoms with Gasteiger partial charge in [0, 0.05) is 23.7 Å². The van der Waals surface area contributed by atoms with Gasteiger partial charge in [-0.05, 0) is 31.5 Å². The first-order valence-corrected chi connectivity index (χ1v) is 8.24. The summed E-state index contributed by atoms with van der Waals surface area (Å²) in [5.74, 6) is 0.865. The van der Waals surface area contributed by atoms with Gasteiger partial charge < -0.3 is 10.2 Å². The van der Waals surface area contributed by atoms with Crippen molar-refractivity contribution in [3.8, 4) is 0 Å². The largest absolute Gasteiger partial charge is 0.465 e. The average Bonchev–Trinajstić information content (AvgIpc) is 2.71. The van der Waals surface area contributed by atoms with Crippen LogP contribution in [0, 0.1) is 13.8 Å². The molecular formula is C14H17ClN2O3S. The van der Waals surface area contributed by atoms with Gasteiger partial charge in [-0.3, -0.25) is 0 Å². The maximum absolute atomic E-state index is 12.4. The molecule has 21 heavy (non-hydrogen) atoms. The van der Waals surface area contributed by atoms with Crippen LogP contribution in [-0.4, -0.2) is 8.42 Å². The summed E-state index contributed by atoms with van der Waals surface area (Å²) in [5.41, 5.74) is 6.90. The predicted molar refractivity (Wildman–Crippen MR) is 81.6 cm³/mol. The molecule has 1 aromatic carbocycles. The first kappa shape index (κ1) is 16.0. The van der Waals surface area contributed by atoms with Crippen LogP contribution < -0.4 is 10.5 Å². The van der Waals surface area contributed by atoms with Crippen molar-refractivity contribution >= 4 is 21.6 Å². The smallest absolute Gasteiger partial charge is 0.244 e. The van der Waals surface area contributed by atoms with Gasteiger partial charge in [-0.25, -0.2) is 13.1 Å². The zero-order valence-electron chi connectivity index (χ0n) is 11.8. The van der Waals surface area contributed by atoms with E-state index in [1.54, 1.807) is 38.1 Å².